The molecule has 2 rings (SSSR count). The summed E-state index contributed by atoms with van der Waals surface area (Å²) in [7, 11) is 0. The van der Waals surface area contributed by atoms with E-state index in [4.69, 9.17) is 0 Å². The van der Waals surface area contributed by atoms with Crippen molar-refractivity contribution in [2.75, 3.05) is 19.6 Å². The molecule has 0 radical (unpaired) electrons. The summed E-state index contributed by atoms with van der Waals surface area (Å²) < 4.78 is 0. The molecular formula is C15H30N2. The van der Waals surface area contributed by atoms with Crippen molar-refractivity contribution >= 4 is 0 Å². The van der Waals surface area contributed by atoms with Crippen molar-refractivity contribution < 1.29 is 0 Å². The molecule has 100 valence electrons. The van der Waals surface area contributed by atoms with Gasteiger partial charge in [0.1, 0.15) is 0 Å². The van der Waals surface area contributed by atoms with E-state index in [1.807, 2.05) is 0 Å². The molecule has 1 aliphatic carbocycles. The molecule has 0 aromatic carbocycles. The fraction of sp³-hybridized carbons (Fsp3) is 1.00. The van der Waals surface area contributed by atoms with Gasteiger partial charge in [0.2, 0.25) is 0 Å². The van der Waals surface area contributed by atoms with E-state index in [9.17, 15) is 0 Å². The third-order valence-corrected chi connectivity index (χ3v) is 4.62. The van der Waals surface area contributed by atoms with Gasteiger partial charge in [-0.25, -0.2) is 0 Å². The van der Waals surface area contributed by atoms with Gasteiger partial charge in [0.15, 0.2) is 0 Å². The number of hydrogen-bond acceptors (Lipinski definition) is 2. The van der Waals surface area contributed by atoms with Crippen molar-refractivity contribution in [1.29, 1.82) is 0 Å². The second kappa shape index (κ2) is 6.75. The zero-order chi connectivity index (χ0) is 12.1. The van der Waals surface area contributed by atoms with E-state index >= 15 is 0 Å². The highest BCUT2D eigenvalue weighted by atomic mass is 15.2. The largest absolute Gasteiger partial charge is 0.310 e. The van der Waals surface area contributed by atoms with Crippen LogP contribution >= 0.6 is 0 Å². The van der Waals surface area contributed by atoms with Crippen LogP contribution in [0.15, 0.2) is 0 Å². The van der Waals surface area contributed by atoms with Crippen LogP contribution in [-0.4, -0.2) is 36.6 Å². The Morgan fingerprint density at radius 3 is 2.59 bits per heavy atom. The number of hydrogen-bond donors (Lipinski definition) is 1. The van der Waals surface area contributed by atoms with Crippen molar-refractivity contribution in [3.05, 3.63) is 0 Å². The summed E-state index contributed by atoms with van der Waals surface area (Å²) in [6.07, 6.45) is 9.91. The highest BCUT2D eigenvalue weighted by molar-refractivity contribution is 4.83. The molecule has 2 heteroatoms. The normalized spacial score (nSPS) is 32.8. The molecule has 3 atom stereocenters. The van der Waals surface area contributed by atoms with E-state index in [1.165, 1.54) is 64.6 Å². The van der Waals surface area contributed by atoms with Gasteiger partial charge < -0.3 is 10.2 Å². The highest BCUT2D eigenvalue weighted by Gasteiger charge is 2.24. The second-order valence-corrected chi connectivity index (χ2v) is 6.21. The summed E-state index contributed by atoms with van der Waals surface area (Å²) in [6, 6.07) is 1.48. The lowest BCUT2D eigenvalue weighted by atomic mass is 10.1. The first-order valence-electron chi connectivity index (χ1n) is 7.76. The monoisotopic (exact) mass is 238 g/mol. The Morgan fingerprint density at radius 1 is 1.18 bits per heavy atom. The zero-order valence-corrected chi connectivity index (χ0v) is 11.8. The Balaban J connectivity index is 1.64. The molecule has 17 heavy (non-hydrogen) atoms. The molecule has 0 aromatic rings. The Hall–Kier alpha value is -0.0800. The predicted molar refractivity (Wildman–Crippen MR) is 74.3 cm³/mol. The van der Waals surface area contributed by atoms with Crippen LogP contribution in [0.3, 0.4) is 0 Å². The quantitative estimate of drug-likeness (QED) is 0.792. The minimum absolute atomic E-state index is 0.675. The molecule has 2 fully saturated rings. The van der Waals surface area contributed by atoms with Crippen molar-refractivity contribution in [2.45, 2.75) is 70.9 Å². The van der Waals surface area contributed by atoms with Gasteiger partial charge >= 0.3 is 0 Å². The molecular weight excluding hydrogens is 208 g/mol. The van der Waals surface area contributed by atoms with Crippen LogP contribution < -0.4 is 5.32 Å². The zero-order valence-electron chi connectivity index (χ0n) is 11.8. The third-order valence-electron chi connectivity index (χ3n) is 4.62. The smallest absolute Gasteiger partial charge is 0.0169 e. The number of nitrogens with one attached hydrogen (secondary N) is 1. The van der Waals surface area contributed by atoms with Crippen LogP contribution in [0.1, 0.15) is 58.8 Å². The Kier molecular flexibility index (Phi) is 5.30. The lowest BCUT2D eigenvalue weighted by molar-refractivity contribution is 0.204. The van der Waals surface area contributed by atoms with Gasteiger partial charge in [-0.15, -0.1) is 0 Å². The molecule has 0 bridgehead atoms. The fourth-order valence-electron chi connectivity index (χ4n) is 3.58. The molecule has 1 saturated carbocycles. The van der Waals surface area contributed by atoms with E-state index in [1.54, 1.807) is 0 Å². The topological polar surface area (TPSA) is 15.3 Å². The molecule has 3 unspecified atom stereocenters. The molecule has 1 heterocycles. The van der Waals surface area contributed by atoms with E-state index in [-0.39, 0.29) is 0 Å². The molecule has 1 aliphatic heterocycles. The van der Waals surface area contributed by atoms with Crippen molar-refractivity contribution in [3.8, 4) is 0 Å². The van der Waals surface area contributed by atoms with Crippen molar-refractivity contribution in [2.24, 2.45) is 5.92 Å². The SMILES string of the molecule is CCC1CCC(NC(C)CN2CCCCC2)C1. The van der Waals surface area contributed by atoms with Gasteiger partial charge in [0, 0.05) is 18.6 Å². The lowest BCUT2D eigenvalue weighted by Gasteiger charge is -2.30. The van der Waals surface area contributed by atoms with Gasteiger partial charge in [-0.2, -0.15) is 0 Å². The first kappa shape index (κ1) is 13.4. The molecule has 2 nitrogen and oxygen atoms in total. The number of likely N-dealkylation sites (tertiary alicyclic amines) is 1. The average molecular weight is 238 g/mol. The van der Waals surface area contributed by atoms with Crippen LogP contribution in [0.5, 0.6) is 0 Å². The van der Waals surface area contributed by atoms with Gasteiger partial charge in [-0.05, 0) is 58.0 Å². The Labute approximate surface area is 107 Å². The molecule has 2 aliphatic rings. The van der Waals surface area contributed by atoms with E-state index in [0.717, 1.165) is 12.0 Å². The maximum Gasteiger partial charge on any atom is 0.0169 e. The molecule has 1 N–H and O–H groups in total. The molecule has 1 saturated heterocycles. The van der Waals surface area contributed by atoms with Crippen LogP contribution in [-0.2, 0) is 0 Å². The van der Waals surface area contributed by atoms with Crippen molar-refractivity contribution in [1.82, 2.24) is 10.2 Å². The average Bonchev–Trinajstić information content (AvgIpc) is 2.78. The third kappa shape index (κ3) is 4.26. The Morgan fingerprint density at radius 2 is 1.94 bits per heavy atom. The summed E-state index contributed by atoms with van der Waals surface area (Å²) in [5.41, 5.74) is 0. The summed E-state index contributed by atoms with van der Waals surface area (Å²) in [5, 5.41) is 3.85. The van der Waals surface area contributed by atoms with E-state index < -0.39 is 0 Å². The van der Waals surface area contributed by atoms with Crippen molar-refractivity contribution in [3.63, 3.8) is 0 Å². The van der Waals surface area contributed by atoms with E-state index in [2.05, 4.69) is 24.1 Å². The van der Waals surface area contributed by atoms with E-state index in [0.29, 0.717) is 6.04 Å². The maximum absolute atomic E-state index is 3.85. The van der Waals surface area contributed by atoms with Gasteiger partial charge in [0.25, 0.3) is 0 Å². The molecule has 0 spiro atoms. The van der Waals surface area contributed by atoms with Gasteiger partial charge in [-0.3, -0.25) is 0 Å². The standard InChI is InChI=1S/C15H30N2/c1-3-14-7-8-15(11-14)16-13(2)12-17-9-5-4-6-10-17/h13-16H,3-12H2,1-2H3. The summed E-state index contributed by atoms with van der Waals surface area (Å²) >= 11 is 0. The Bertz CT molecular complexity index is 211. The second-order valence-electron chi connectivity index (χ2n) is 6.21. The first-order valence-corrected chi connectivity index (χ1v) is 7.76. The fourth-order valence-corrected chi connectivity index (χ4v) is 3.58. The highest BCUT2D eigenvalue weighted by Crippen LogP contribution is 2.28. The summed E-state index contributed by atoms with van der Waals surface area (Å²) in [4.78, 5) is 2.65. The van der Waals surface area contributed by atoms with Gasteiger partial charge in [-0.1, -0.05) is 19.8 Å². The number of piperidine rings is 1. The number of rotatable bonds is 5. The molecule has 0 amide bonds. The predicted octanol–water partition coefficient (Wildman–Crippen LogP) is 3.03. The molecule has 0 aromatic heterocycles. The van der Waals surface area contributed by atoms with Crippen LogP contribution in [0.25, 0.3) is 0 Å². The first-order chi connectivity index (χ1) is 8.28. The minimum atomic E-state index is 0.675. The summed E-state index contributed by atoms with van der Waals surface area (Å²) in [6.45, 7) is 8.62. The van der Waals surface area contributed by atoms with Crippen LogP contribution in [0.2, 0.25) is 0 Å². The van der Waals surface area contributed by atoms with Crippen LogP contribution in [0, 0.1) is 5.92 Å². The minimum Gasteiger partial charge on any atom is -0.310 e. The van der Waals surface area contributed by atoms with Crippen LogP contribution in [0.4, 0.5) is 0 Å². The summed E-state index contributed by atoms with van der Waals surface area (Å²) in [5.74, 6) is 0.995. The number of nitrogens with zero attached hydrogens (tertiary/aromatic N) is 1. The van der Waals surface area contributed by atoms with Gasteiger partial charge in [0.05, 0.1) is 0 Å². The lowest BCUT2D eigenvalue weighted by Crippen LogP contribution is -2.44. The maximum atomic E-state index is 3.85.